The van der Waals surface area contributed by atoms with Gasteiger partial charge in [0.15, 0.2) is 11.2 Å². The summed E-state index contributed by atoms with van der Waals surface area (Å²) in [5.74, 6) is 0.723. The molecule has 0 atom stereocenters. The first kappa shape index (κ1) is 22.9. The maximum absolute atomic E-state index is 13.4. The number of hydrogen-bond acceptors (Lipinski definition) is 7. The Labute approximate surface area is 192 Å². The highest BCUT2D eigenvalue weighted by Gasteiger charge is 2.22. The highest BCUT2D eigenvalue weighted by Crippen LogP contribution is 2.26. The summed E-state index contributed by atoms with van der Waals surface area (Å²) in [6, 6.07) is 15.8. The number of fused-ring (bicyclic) bond motifs is 1. The van der Waals surface area contributed by atoms with Gasteiger partial charge in [-0.05, 0) is 36.2 Å². The van der Waals surface area contributed by atoms with Crippen molar-refractivity contribution < 1.29 is 13.9 Å². The molecular formula is C23H22FN5O5. The first-order chi connectivity index (χ1) is 16.5. The smallest absolute Gasteiger partial charge is 0.332 e. The summed E-state index contributed by atoms with van der Waals surface area (Å²) in [5, 5.41) is 2.80. The van der Waals surface area contributed by atoms with Gasteiger partial charge in [0, 0.05) is 13.6 Å². The average Bonchev–Trinajstić information content (AvgIpc) is 3.20. The molecule has 0 bridgehead atoms. The lowest BCUT2D eigenvalue weighted by Gasteiger charge is -2.11. The lowest BCUT2D eigenvalue weighted by Crippen LogP contribution is -2.39. The van der Waals surface area contributed by atoms with Gasteiger partial charge in [-0.2, -0.15) is 9.89 Å². The van der Waals surface area contributed by atoms with Crippen molar-refractivity contribution in [3.8, 4) is 17.5 Å². The van der Waals surface area contributed by atoms with Gasteiger partial charge in [-0.3, -0.25) is 18.5 Å². The zero-order valence-corrected chi connectivity index (χ0v) is 18.4. The van der Waals surface area contributed by atoms with E-state index >= 15 is 0 Å². The van der Waals surface area contributed by atoms with Crippen LogP contribution in [0.1, 0.15) is 12.0 Å². The Kier molecular flexibility index (Phi) is 6.81. The minimum atomic E-state index is -0.948. The fourth-order valence-electron chi connectivity index (χ4n) is 3.61. The molecule has 4 rings (SSSR count). The molecule has 2 heterocycles. The standard InChI is InChI=1S/C23H22FN5O5/c1-27-20-19(21(30)28(23(27)31)13-5-12-25-32)29(14-16-6-3-2-4-7-16)22(26-20)34-18-10-8-17(9-11-18)33-15-24/h2-4,6-11H,5,12-15H2,1H3. The number of benzene rings is 2. The molecule has 0 amide bonds. The van der Waals surface area contributed by atoms with Gasteiger partial charge in [0.25, 0.3) is 5.56 Å². The van der Waals surface area contributed by atoms with Crippen molar-refractivity contribution >= 4 is 11.2 Å². The van der Waals surface area contributed by atoms with Crippen molar-refractivity contribution in [3.63, 3.8) is 0 Å². The molecule has 0 radical (unpaired) electrons. The largest absolute Gasteiger partial charge is 0.463 e. The van der Waals surface area contributed by atoms with E-state index in [1.165, 1.54) is 11.6 Å². The Hall–Kier alpha value is -4.28. The SMILES string of the molecule is Cn1c(=O)n(CCCN=O)c(=O)c2c1nc(Oc1ccc(OCF)cc1)n2Cc1ccccc1. The van der Waals surface area contributed by atoms with Crippen LogP contribution in [0.15, 0.2) is 69.4 Å². The third-order valence-electron chi connectivity index (χ3n) is 5.27. The zero-order valence-electron chi connectivity index (χ0n) is 18.4. The number of alkyl halides is 1. The molecule has 0 saturated heterocycles. The molecule has 0 aliphatic carbocycles. The first-order valence-electron chi connectivity index (χ1n) is 10.5. The van der Waals surface area contributed by atoms with Gasteiger partial charge >= 0.3 is 11.7 Å². The third kappa shape index (κ3) is 4.58. The summed E-state index contributed by atoms with van der Waals surface area (Å²) in [6.45, 7) is -0.640. The quantitative estimate of drug-likeness (QED) is 0.262. The van der Waals surface area contributed by atoms with E-state index in [1.54, 1.807) is 28.8 Å². The predicted octanol–water partition coefficient (Wildman–Crippen LogP) is 3.20. The van der Waals surface area contributed by atoms with Gasteiger partial charge in [-0.25, -0.2) is 9.18 Å². The van der Waals surface area contributed by atoms with Crippen LogP contribution in [-0.2, 0) is 20.1 Å². The number of halogens is 1. The van der Waals surface area contributed by atoms with E-state index in [1.807, 2.05) is 30.3 Å². The van der Waals surface area contributed by atoms with Gasteiger partial charge in [0.05, 0.1) is 13.1 Å². The van der Waals surface area contributed by atoms with Crippen LogP contribution in [0.2, 0.25) is 0 Å². The predicted molar refractivity (Wildman–Crippen MR) is 123 cm³/mol. The van der Waals surface area contributed by atoms with Crippen molar-refractivity contribution in [2.75, 3.05) is 13.4 Å². The molecule has 0 saturated carbocycles. The zero-order chi connectivity index (χ0) is 24.1. The topological polar surface area (TPSA) is 110 Å². The van der Waals surface area contributed by atoms with Gasteiger partial charge in [0.2, 0.25) is 6.86 Å². The van der Waals surface area contributed by atoms with E-state index in [4.69, 9.17) is 9.47 Å². The Balaban J connectivity index is 1.85. The van der Waals surface area contributed by atoms with Crippen LogP contribution in [-0.4, -0.2) is 32.1 Å². The molecule has 0 fully saturated rings. The van der Waals surface area contributed by atoms with Gasteiger partial charge in [0.1, 0.15) is 11.5 Å². The fraction of sp³-hybridized carbons (Fsp3) is 0.261. The fourth-order valence-corrected chi connectivity index (χ4v) is 3.61. The average molecular weight is 467 g/mol. The maximum atomic E-state index is 13.4. The highest BCUT2D eigenvalue weighted by atomic mass is 19.1. The normalized spacial score (nSPS) is 11.0. The van der Waals surface area contributed by atoms with E-state index in [9.17, 15) is 18.9 Å². The Bertz CT molecular complexity index is 1410. The van der Waals surface area contributed by atoms with Crippen LogP contribution < -0.4 is 20.7 Å². The second-order valence-corrected chi connectivity index (χ2v) is 7.47. The molecule has 2 aromatic carbocycles. The number of ether oxygens (including phenoxy) is 2. The van der Waals surface area contributed by atoms with E-state index < -0.39 is 18.1 Å². The van der Waals surface area contributed by atoms with Crippen molar-refractivity contribution in [1.82, 2.24) is 18.7 Å². The van der Waals surface area contributed by atoms with Crippen LogP contribution in [0, 0.1) is 4.91 Å². The Morgan fingerprint density at radius 3 is 2.38 bits per heavy atom. The van der Waals surface area contributed by atoms with Crippen molar-refractivity contribution in [2.24, 2.45) is 12.2 Å². The van der Waals surface area contributed by atoms with Crippen LogP contribution in [0.4, 0.5) is 4.39 Å². The summed E-state index contributed by atoms with van der Waals surface area (Å²) < 4.78 is 27.1. The molecule has 0 spiro atoms. The number of hydrogen-bond donors (Lipinski definition) is 0. The molecule has 10 nitrogen and oxygen atoms in total. The van der Waals surface area contributed by atoms with Crippen LogP contribution >= 0.6 is 0 Å². The van der Waals surface area contributed by atoms with Crippen molar-refractivity contribution in [3.05, 3.63) is 85.9 Å². The van der Waals surface area contributed by atoms with Gasteiger partial charge in [-0.1, -0.05) is 35.5 Å². The van der Waals surface area contributed by atoms with E-state index in [2.05, 4.69) is 10.2 Å². The molecule has 0 aliphatic heterocycles. The Morgan fingerprint density at radius 2 is 1.71 bits per heavy atom. The van der Waals surface area contributed by atoms with E-state index in [0.29, 0.717) is 11.5 Å². The number of rotatable bonds is 10. The summed E-state index contributed by atoms with van der Waals surface area (Å²) >= 11 is 0. The molecule has 176 valence electrons. The number of nitroso groups, excluding NO2 is 1. The lowest BCUT2D eigenvalue weighted by molar-refractivity contribution is 0.191. The lowest BCUT2D eigenvalue weighted by atomic mass is 10.2. The molecule has 11 heteroatoms. The number of nitrogens with zero attached hydrogens (tertiary/aromatic N) is 5. The summed E-state index contributed by atoms with van der Waals surface area (Å²) in [6.07, 6.45) is 0.258. The minimum absolute atomic E-state index is 0.00656. The van der Waals surface area contributed by atoms with Crippen LogP contribution in [0.25, 0.3) is 11.2 Å². The van der Waals surface area contributed by atoms with Crippen molar-refractivity contribution in [2.45, 2.75) is 19.5 Å². The number of aromatic nitrogens is 4. The molecule has 0 unspecified atom stereocenters. The monoisotopic (exact) mass is 467 g/mol. The van der Waals surface area contributed by atoms with E-state index in [0.717, 1.165) is 10.1 Å². The van der Waals surface area contributed by atoms with Gasteiger partial charge in [-0.15, -0.1) is 0 Å². The maximum Gasteiger partial charge on any atom is 0.332 e. The third-order valence-corrected chi connectivity index (χ3v) is 5.27. The summed E-state index contributed by atoms with van der Waals surface area (Å²) in [7, 11) is 1.52. The van der Waals surface area contributed by atoms with E-state index in [-0.39, 0.29) is 43.2 Å². The first-order valence-corrected chi connectivity index (χ1v) is 10.5. The second-order valence-electron chi connectivity index (χ2n) is 7.47. The molecule has 0 aliphatic rings. The summed E-state index contributed by atoms with van der Waals surface area (Å²) in [5.41, 5.74) is 0.171. The Morgan fingerprint density at radius 1 is 1.00 bits per heavy atom. The highest BCUT2D eigenvalue weighted by molar-refractivity contribution is 5.72. The molecule has 34 heavy (non-hydrogen) atoms. The molecule has 0 N–H and O–H groups in total. The molecule has 2 aromatic heterocycles. The molecule has 4 aromatic rings. The summed E-state index contributed by atoms with van der Waals surface area (Å²) in [4.78, 5) is 41.1. The van der Waals surface area contributed by atoms with Gasteiger partial charge < -0.3 is 9.47 Å². The van der Waals surface area contributed by atoms with Crippen molar-refractivity contribution in [1.29, 1.82) is 0 Å². The van der Waals surface area contributed by atoms with Crippen LogP contribution in [0.5, 0.6) is 17.5 Å². The number of aryl methyl sites for hydroxylation is 1. The molecular weight excluding hydrogens is 445 g/mol. The van der Waals surface area contributed by atoms with Crippen LogP contribution in [0.3, 0.4) is 0 Å². The second kappa shape index (κ2) is 10.1. The minimum Gasteiger partial charge on any atom is -0.463 e. The number of imidazole rings is 1.